The second-order valence-electron chi connectivity index (χ2n) is 3.75. The maximum Gasteiger partial charge on any atom is 0.0564 e. The van der Waals surface area contributed by atoms with Crippen LogP contribution < -0.4 is 0 Å². The summed E-state index contributed by atoms with van der Waals surface area (Å²) in [6.07, 6.45) is 2.36. The predicted octanol–water partition coefficient (Wildman–Crippen LogP) is 2.21. The standard InChI is InChI=1S/C9H17BrO2/c1-9(7-12-8-9)6-11-5-3-2-4-10/h2-8H2,1H3. The van der Waals surface area contributed by atoms with Gasteiger partial charge in [-0.2, -0.15) is 0 Å². The maximum absolute atomic E-state index is 5.54. The van der Waals surface area contributed by atoms with Crippen molar-refractivity contribution in [1.82, 2.24) is 0 Å². The number of hydrogen-bond donors (Lipinski definition) is 0. The van der Waals surface area contributed by atoms with Crippen molar-refractivity contribution in [1.29, 1.82) is 0 Å². The monoisotopic (exact) mass is 236 g/mol. The fraction of sp³-hybridized carbons (Fsp3) is 1.00. The first kappa shape index (κ1) is 10.5. The van der Waals surface area contributed by atoms with Crippen LogP contribution in [0.15, 0.2) is 0 Å². The van der Waals surface area contributed by atoms with Crippen molar-refractivity contribution >= 4 is 15.9 Å². The third-order valence-corrected chi connectivity index (χ3v) is 2.58. The number of ether oxygens (including phenoxy) is 2. The Balaban J connectivity index is 1.88. The highest BCUT2D eigenvalue weighted by atomic mass is 79.9. The first-order valence-electron chi connectivity index (χ1n) is 4.48. The first-order chi connectivity index (χ1) is 5.77. The van der Waals surface area contributed by atoms with Gasteiger partial charge in [0, 0.05) is 17.4 Å². The van der Waals surface area contributed by atoms with Gasteiger partial charge in [-0.25, -0.2) is 0 Å². The van der Waals surface area contributed by atoms with Crippen molar-refractivity contribution < 1.29 is 9.47 Å². The predicted molar refractivity (Wildman–Crippen MR) is 52.8 cm³/mol. The molecule has 3 heteroatoms. The van der Waals surface area contributed by atoms with Crippen LogP contribution in [0, 0.1) is 5.41 Å². The van der Waals surface area contributed by atoms with Gasteiger partial charge in [-0.15, -0.1) is 0 Å². The molecule has 1 heterocycles. The quantitative estimate of drug-likeness (QED) is 0.521. The van der Waals surface area contributed by atoms with Gasteiger partial charge in [0.2, 0.25) is 0 Å². The molecule has 1 aliphatic rings. The van der Waals surface area contributed by atoms with E-state index in [9.17, 15) is 0 Å². The Labute approximate surface area is 82.7 Å². The lowest BCUT2D eigenvalue weighted by atomic mass is 9.90. The molecule has 72 valence electrons. The molecule has 0 aromatic heterocycles. The topological polar surface area (TPSA) is 18.5 Å². The van der Waals surface area contributed by atoms with E-state index in [4.69, 9.17) is 9.47 Å². The highest BCUT2D eigenvalue weighted by Gasteiger charge is 2.33. The molecule has 0 N–H and O–H groups in total. The molecule has 1 aliphatic heterocycles. The van der Waals surface area contributed by atoms with E-state index < -0.39 is 0 Å². The normalized spacial score (nSPS) is 20.5. The van der Waals surface area contributed by atoms with E-state index >= 15 is 0 Å². The van der Waals surface area contributed by atoms with Crippen molar-refractivity contribution in [3.63, 3.8) is 0 Å². The maximum atomic E-state index is 5.54. The van der Waals surface area contributed by atoms with E-state index in [1.54, 1.807) is 0 Å². The van der Waals surface area contributed by atoms with Gasteiger partial charge < -0.3 is 9.47 Å². The Bertz CT molecular complexity index is 124. The summed E-state index contributed by atoms with van der Waals surface area (Å²) >= 11 is 3.39. The van der Waals surface area contributed by atoms with E-state index in [-0.39, 0.29) is 0 Å². The Morgan fingerprint density at radius 3 is 2.67 bits per heavy atom. The van der Waals surface area contributed by atoms with Crippen LogP contribution in [-0.2, 0) is 9.47 Å². The molecule has 0 unspecified atom stereocenters. The second-order valence-corrected chi connectivity index (χ2v) is 4.55. The van der Waals surface area contributed by atoms with Gasteiger partial charge >= 0.3 is 0 Å². The van der Waals surface area contributed by atoms with Crippen LogP contribution in [0.1, 0.15) is 19.8 Å². The van der Waals surface area contributed by atoms with E-state index in [0.717, 1.165) is 38.2 Å². The molecular weight excluding hydrogens is 220 g/mol. The number of unbranched alkanes of at least 4 members (excludes halogenated alkanes) is 1. The highest BCUT2D eigenvalue weighted by molar-refractivity contribution is 9.09. The first-order valence-corrected chi connectivity index (χ1v) is 5.60. The Hall–Kier alpha value is 0.400. The lowest BCUT2D eigenvalue weighted by molar-refractivity contribution is -0.137. The Morgan fingerprint density at radius 2 is 2.17 bits per heavy atom. The molecule has 0 aromatic rings. The van der Waals surface area contributed by atoms with Gasteiger partial charge in [-0.1, -0.05) is 22.9 Å². The molecule has 0 radical (unpaired) electrons. The minimum Gasteiger partial charge on any atom is -0.381 e. The molecule has 0 spiro atoms. The van der Waals surface area contributed by atoms with Crippen molar-refractivity contribution in [2.24, 2.45) is 5.41 Å². The largest absolute Gasteiger partial charge is 0.381 e. The Kier molecular flexibility index (Phi) is 4.54. The lowest BCUT2D eigenvalue weighted by Gasteiger charge is -2.37. The number of alkyl halides is 1. The average Bonchev–Trinajstić information content (AvgIpc) is 2.01. The molecule has 0 atom stereocenters. The van der Waals surface area contributed by atoms with Crippen LogP contribution in [0.5, 0.6) is 0 Å². The van der Waals surface area contributed by atoms with Crippen LogP contribution >= 0.6 is 15.9 Å². The van der Waals surface area contributed by atoms with Gasteiger partial charge in [-0.3, -0.25) is 0 Å². The molecule has 1 fully saturated rings. The van der Waals surface area contributed by atoms with Crippen LogP contribution in [-0.4, -0.2) is 31.8 Å². The second kappa shape index (κ2) is 5.20. The van der Waals surface area contributed by atoms with E-state index in [2.05, 4.69) is 22.9 Å². The summed E-state index contributed by atoms with van der Waals surface area (Å²) in [6, 6.07) is 0. The summed E-state index contributed by atoms with van der Waals surface area (Å²) in [5, 5.41) is 1.08. The van der Waals surface area contributed by atoms with Crippen LogP contribution in [0.2, 0.25) is 0 Å². The van der Waals surface area contributed by atoms with Crippen molar-refractivity contribution in [2.75, 3.05) is 31.8 Å². The lowest BCUT2D eigenvalue weighted by Crippen LogP contribution is -2.43. The highest BCUT2D eigenvalue weighted by Crippen LogP contribution is 2.26. The molecule has 1 saturated heterocycles. The summed E-state index contributed by atoms with van der Waals surface area (Å²) in [4.78, 5) is 0. The molecule has 12 heavy (non-hydrogen) atoms. The molecule has 0 amide bonds. The van der Waals surface area contributed by atoms with Crippen molar-refractivity contribution in [2.45, 2.75) is 19.8 Å². The molecule has 1 rings (SSSR count). The summed E-state index contributed by atoms with van der Waals surface area (Å²) in [5.41, 5.74) is 0.314. The zero-order valence-electron chi connectivity index (χ0n) is 7.64. The van der Waals surface area contributed by atoms with Crippen LogP contribution in [0.4, 0.5) is 0 Å². The smallest absolute Gasteiger partial charge is 0.0564 e. The SMILES string of the molecule is CC1(COCCCCBr)COC1. The van der Waals surface area contributed by atoms with E-state index in [0.29, 0.717) is 5.41 Å². The third-order valence-electron chi connectivity index (χ3n) is 2.02. The fourth-order valence-corrected chi connectivity index (χ4v) is 1.55. The molecular formula is C9H17BrO2. The van der Waals surface area contributed by atoms with Gasteiger partial charge in [0.1, 0.15) is 0 Å². The van der Waals surface area contributed by atoms with Gasteiger partial charge in [0.15, 0.2) is 0 Å². The summed E-state index contributed by atoms with van der Waals surface area (Å²) in [5.74, 6) is 0. The zero-order chi connectivity index (χ0) is 8.86. The number of rotatable bonds is 6. The Morgan fingerprint density at radius 1 is 1.42 bits per heavy atom. The van der Waals surface area contributed by atoms with Gasteiger partial charge in [0.05, 0.1) is 19.8 Å². The van der Waals surface area contributed by atoms with Crippen LogP contribution in [0.25, 0.3) is 0 Å². The minimum absolute atomic E-state index is 0.314. The van der Waals surface area contributed by atoms with Gasteiger partial charge in [0.25, 0.3) is 0 Å². The third kappa shape index (κ3) is 3.42. The number of hydrogen-bond acceptors (Lipinski definition) is 2. The zero-order valence-corrected chi connectivity index (χ0v) is 9.23. The summed E-state index contributed by atoms with van der Waals surface area (Å²) in [7, 11) is 0. The minimum atomic E-state index is 0.314. The van der Waals surface area contributed by atoms with Crippen LogP contribution in [0.3, 0.4) is 0 Å². The summed E-state index contributed by atoms with van der Waals surface area (Å²) in [6.45, 7) is 5.69. The molecule has 0 saturated carbocycles. The molecule has 0 aromatic carbocycles. The number of halogens is 1. The van der Waals surface area contributed by atoms with Gasteiger partial charge in [-0.05, 0) is 12.8 Å². The molecule has 0 bridgehead atoms. The fourth-order valence-electron chi connectivity index (χ4n) is 1.15. The van der Waals surface area contributed by atoms with E-state index in [1.165, 1.54) is 6.42 Å². The molecule has 0 aliphatic carbocycles. The van der Waals surface area contributed by atoms with E-state index in [1.807, 2.05) is 0 Å². The van der Waals surface area contributed by atoms with Crippen molar-refractivity contribution in [3.8, 4) is 0 Å². The van der Waals surface area contributed by atoms with Crippen molar-refractivity contribution in [3.05, 3.63) is 0 Å². The molecule has 2 nitrogen and oxygen atoms in total. The average molecular weight is 237 g/mol. The summed E-state index contributed by atoms with van der Waals surface area (Å²) < 4.78 is 10.7.